The van der Waals surface area contributed by atoms with Gasteiger partial charge in [0.25, 0.3) is 0 Å². The highest BCUT2D eigenvalue weighted by Gasteiger charge is 2.36. The van der Waals surface area contributed by atoms with E-state index in [0.29, 0.717) is 25.7 Å². The van der Waals surface area contributed by atoms with Crippen LogP contribution in [0.1, 0.15) is 51.4 Å². The normalized spacial score (nSPS) is 24.7. The summed E-state index contributed by atoms with van der Waals surface area (Å²) in [6, 6.07) is 0.0401. The standard InChI is InChI=1S/C12H21NO3S/c1-13(10-6-8-11(14)9-7-10)17(15,16)12-4-2-3-5-12/h10,12H,2-9H2,1H3. The summed E-state index contributed by atoms with van der Waals surface area (Å²) in [5, 5.41) is -0.176. The van der Waals surface area contributed by atoms with Crippen LogP contribution in [0.2, 0.25) is 0 Å². The van der Waals surface area contributed by atoms with Crippen LogP contribution >= 0.6 is 0 Å². The maximum absolute atomic E-state index is 12.4. The second kappa shape index (κ2) is 5.06. The molecule has 0 aliphatic heterocycles. The Morgan fingerprint density at radius 1 is 1.06 bits per heavy atom. The summed E-state index contributed by atoms with van der Waals surface area (Å²) in [5.74, 6) is 0.271. The number of hydrogen-bond donors (Lipinski definition) is 0. The maximum atomic E-state index is 12.4. The van der Waals surface area contributed by atoms with E-state index in [4.69, 9.17) is 0 Å². The van der Waals surface area contributed by atoms with Crippen molar-refractivity contribution >= 4 is 15.8 Å². The Morgan fingerprint density at radius 2 is 1.59 bits per heavy atom. The van der Waals surface area contributed by atoms with E-state index in [1.54, 1.807) is 11.4 Å². The SMILES string of the molecule is CN(C1CCC(=O)CC1)S(=O)(=O)C1CCCC1. The smallest absolute Gasteiger partial charge is 0.216 e. The lowest BCUT2D eigenvalue weighted by molar-refractivity contribution is -0.120. The molecule has 0 heterocycles. The van der Waals surface area contributed by atoms with Crippen molar-refractivity contribution in [1.29, 1.82) is 0 Å². The zero-order valence-corrected chi connectivity index (χ0v) is 11.2. The van der Waals surface area contributed by atoms with Crippen molar-refractivity contribution in [2.75, 3.05) is 7.05 Å². The Hall–Kier alpha value is -0.420. The number of carbonyl (C=O) groups is 1. The third kappa shape index (κ3) is 2.71. The Morgan fingerprint density at radius 3 is 2.12 bits per heavy atom. The fraction of sp³-hybridized carbons (Fsp3) is 0.917. The fourth-order valence-corrected chi connectivity index (χ4v) is 4.94. The zero-order valence-electron chi connectivity index (χ0n) is 10.4. The van der Waals surface area contributed by atoms with Gasteiger partial charge in [-0.15, -0.1) is 0 Å². The number of hydrogen-bond acceptors (Lipinski definition) is 3. The largest absolute Gasteiger partial charge is 0.300 e. The summed E-state index contributed by atoms with van der Waals surface area (Å²) in [5.41, 5.74) is 0. The van der Waals surface area contributed by atoms with E-state index in [-0.39, 0.29) is 17.1 Å². The van der Waals surface area contributed by atoms with Gasteiger partial charge in [-0.05, 0) is 25.7 Å². The quantitative estimate of drug-likeness (QED) is 0.775. The number of rotatable bonds is 3. The molecule has 0 atom stereocenters. The second-order valence-corrected chi connectivity index (χ2v) is 7.51. The number of nitrogens with zero attached hydrogens (tertiary/aromatic N) is 1. The lowest BCUT2D eigenvalue weighted by Gasteiger charge is -2.31. The molecule has 2 fully saturated rings. The molecule has 2 rings (SSSR count). The Labute approximate surface area is 103 Å². The third-order valence-corrected chi connectivity index (χ3v) is 6.57. The molecule has 5 heteroatoms. The van der Waals surface area contributed by atoms with Gasteiger partial charge in [-0.25, -0.2) is 12.7 Å². The molecule has 0 unspecified atom stereocenters. The molecule has 0 radical (unpaired) electrons. The van der Waals surface area contributed by atoms with E-state index in [1.807, 2.05) is 0 Å². The van der Waals surface area contributed by atoms with Crippen molar-refractivity contribution in [3.63, 3.8) is 0 Å². The molecule has 0 spiro atoms. The minimum Gasteiger partial charge on any atom is -0.300 e. The molecule has 98 valence electrons. The van der Waals surface area contributed by atoms with Gasteiger partial charge in [-0.1, -0.05) is 12.8 Å². The molecule has 2 aliphatic rings. The lowest BCUT2D eigenvalue weighted by Crippen LogP contribution is -2.43. The summed E-state index contributed by atoms with van der Waals surface area (Å²) in [7, 11) is -1.45. The summed E-state index contributed by atoms with van der Waals surface area (Å²) in [6.07, 6.45) is 6.13. The first-order chi connectivity index (χ1) is 8.01. The molecule has 0 bridgehead atoms. The summed E-state index contributed by atoms with van der Waals surface area (Å²) >= 11 is 0. The van der Waals surface area contributed by atoms with Gasteiger partial charge in [-0.2, -0.15) is 0 Å². The molecule has 17 heavy (non-hydrogen) atoms. The Kier molecular flexibility index (Phi) is 3.88. The number of carbonyl (C=O) groups excluding carboxylic acids is 1. The molecule has 2 aliphatic carbocycles. The first kappa shape index (κ1) is 13.0. The van der Waals surface area contributed by atoms with E-state index >= 15 is 0 Å². The van der Waals surface area contributed by atoms with Gasteiger partial charge in [0, 0.05) is 25.9 Å². The molecule has 0 aromatic heterocycles. The summed E-state index contributed by atoms with van der Waals surface area (Å²) in [6.45, 7) is 0. The predicted octanol–water partition coefficient (Wildman–Crippen LogP) is 1.70. The van der Waals surface area contributed by atoms with Crippen LogP contribution in [0.5, 0.6) is 0 Å². The van der Waals surface area contributed by atoms with Crippen molar-refractivity contribution in [1.82, 2.24) is 4.31 Å². The van der Waals surface area contributed by atoms with Crippen LogP contribution in [0.3, 0.4) is 0 Å². The fourth-order valence-electron chi connectivity index (χ4n) is 2.92. The van der Waals surface area contributed by atoms with Crippen LogP contribution < -0.4 is 0 Å². The van der Waals surface area contributed by atoms with E-state index in [1.165, 1.54) is 0 Å². The van der Waals surface area contributed by atoms with Crippen LogP contribution in [0.25, 0.3) is 0 Å². The first-order valence-corrected chi connectivity index (χ1v) is 8.00. The highest BCUT2D eigenvalue weighted by atomic mass is 32.2. The highest BCUT2D eigenvalue weighted by molar-refractivity contribution is 7.89. The predicted molar refractivity (Wildman–Crippen MR) is 66.2 cm³/mol. The summed E-state index contributed by atoms with van der Waals surface area (Å²) < 4.78 is 26.3. The van der Waals surface area contributed by atoms with Crippen LogP contribution in [0, 0.1) is 0 Å². The van der Waals surface area contributed by atoms with E-state index < -0.39 is 10.0 Å². The number of Topliss-reactive ketones (excluding diaryl/α,β-unsaturated/α-hetero) is 1. The topological polar surface area (TPSA) is 54.5 Å². The number of sulfonamides is 1. The van der Waals surface area contributed by atoms with Gasteiger partial charge < -0.3 is 0 Å². The third-order valence-electron chi connectivity index (χ3n) is 4.15. The molecular weight excluding hydrogens is 238 g/mol. The second-order valence-electron chi connectivity index (χ2n) is 5.24. The first-order valence-electron chi connectivity index (χ1n) is 6.50. The molecule has 2 saturated carbocycles. The van der Waals surface area contributed by atoms with Crippen LogP contribution in [-0.2, 0) is 14.8 Å². The van der Waals surface area contributed by atoms with E-state index in [0.717, 1.165) is 25.7 Å². The monoisotopic (exact) mass is 259 g/mol. The van der Waals surface area contributed by atoms with Gasteiger partial charge >= 0.3 is 0 Å². The Bertz CT molecular complexity index is 375. The van der Waals surface area contributed by atoms with Gasteiger partial charge in [0.1, 0.15) is 5.78 Å². The zero-order chi connectivity index (χ0) is 12.5. The molecule has 0 aromatic rings. The van der Waals surface area contributed by atoms with E-state index in [9.17, 15) is 13.2 Å². The van der Waals surface area contributed by atoms with Crippen LogP contribution in [0.15, 0.2) is 0 Å². The van der Waals surface area contributed by atoms with Crippen LogP contribution in [0.4, 0.5) is 0 Å². The van der Waals surface area contributed by atoms with Crippen LogP contribution in [-0.4, -0.2) is 36.8 Å². The van der Waals surface area contributed by atoms with E-state index in [2.05, 4.69) is 0 Å². The molecule has 0 saturated heterocycles. The van der Waals surface area contributed by atoms with Gasteiger partial charge in [0.15, 0.2) is 0 Å². The molecular formula is C12H21NO3S. The minimum absolute atomic E-state index is 0.0401. The van der Waals surface area contributed by atoms with Crippen molar-refractivity contribution in [2.45, 2.75) is 62.7 Å². The van der Waals surface area contributed by atoms with Crippen molar-refractivity contribution in [3.8, 4) is 0 Å². The molecule has 0 aromatic carbocycles. The van der Waals surface area contributed by atoms with Gasteiger partial charge in [0.05, 0.1) is 5.25 Å². The van der Waals surface area contributed by atoms with Crippen molar-refractivity contribution < 1.29 is 13.2 Å². The lowest BCUT2D eigenvalue weighted by atomic mass is 9.95. The average molecular weight is 259 g/mol. The van der Waals surface area contributed by atoms with Crippen molar-refractivity contribution in [3.05, 3.63) is 0 Å². The Balaban J connectivity index is 2.03. The van der Waals surface area contributed by atoms with Gasteiger partial charge in [-0.3, -0.25) is 4.79 Å². The highest BCUT2D eigenvalue weighted by Crippen LogP contribution is 2.30. The van der Waals surface area contributed by atoms with Gasteiger partial charge in [0.2, 0.25) is 10.0 Å². The molecule has 0 amide bonds. The summed E-state index contributed by atoms with van der Waals surface area (Å²) in [4.78, 5) is 11.2. The molecule has 4 nitrogen and oxygen atoms in total. The van der Waals surface area contributed by atoms with Crippen molar-refractivity contribution in [2.24, 2.45) is 0 Å². The minimum atomic E-state index is -3.13. The average Bonchev–Trinajstić information content (AvgIpc) is 2.83. The molecule has 0 N–H and O–H groups in total. The maximum Gasteiger partial charge on any atom is 0.216 e. The number of ketones is 1.